The van der Waals surface area contributed by atoms with Gasteiger partial charge in [-0.05, 0) is 18.9 Å². The van der Waals surface area contributed by atoms with E-state index in [9.17, 15) is 9.90 Å². The third-order valence-corrected chi connectivity index (χ3v) is 3.05. The molecule has 1 saturated heterocycles. The minimum absolute atomic E-state index is 0.381. The Hall–Kier alpha value is -1.35. The van der Waals surface area contributed by atoms with E-state index in [-0.39, 0.29) is 0 Å². The second kappa shape index (κ2) is 4.03. The summed E-state index contributed by atoms with van der Waals surface area (Å²) in [4.78, 5) is 13.3. The molecular formula is C12H15NO2. The molecular weight excluding hydrogens is 190 g/mol. The van der Waals surface area contributed by atoms with E-state index in [1.165, 1.54) is 0 Å². The second-order valence-electron chi connectivity index (χ2n) is 4.03. The maximum atomic E-state index is 11.2. The number of hydrogen-bond donors (Lipinski definition) is 1. The Morgan fingerprint density at radius 3 is 2.53 bits per heavy atom. The van der Waals surface area contributed by atoms with E-state index in [0.29, 0.717) is 6.04 Å². The van der Waals surface area contributed by atoms with Crippen LogP contribution in [0.5, 0.6) is 0 Å². The van der Waals surface area contributed by atoms with Crippen LogP contribution in [0.15, 0.2) is 30.3 Å². The van der Waals surface area contributed by atoms with E-state index < -0.39 is 12.0 Å². The lowest BCUT2D eigenvalue weighted by atomic mass is 9.96. The monoisotopic (exact) mass is 205 g/mol. The topological polar surface area (TPSA) is 40.5 Å². The van der Waals surface area contributed by atoms with Crippen molar-refractivity contribution in [2.75, 3.05) is 6.54 Å². The minimum Gasteiger partial charge on any atom is -0.480 e. The Balaban J connectivity index is 2.24. The summed E-state index contributed by atoms with van der Waals surface area (Å²) in [5, 5.41) is 9.24. The molecule has 15 heavy (non-hydrogen) atoms. The number of aliphatic carboxylic acids is 1. The summed E-state index contributed by atoms with van der Waals surface area (Å²) in [7, 11) is 0. The van der Waals surface area contributed by atoms with Crippen LogP contribution < -0.4 is 0 Å². The number of hydrogen-bond acceptors (Lipinski definition) is 2. The highest BCUT2D eigenvalue weighted by atomic mass is 16.4. The first-order valence-corrected chi connectivity index (χ1v) is 5.23. The Morgan fingerprint density at radius 2 is 2.13 bits per heavy atom. The summed E-state index contributed by atoms with van der Waals surface area (Å²) < 4.78 is 0. The third-order valence-electron chi connectivity index (χ3n) is 3.05. The maximum Gasteiger partial charge on any atom is 0.325 e. The standard InChI is InChI=1S/C12H15NO2/c1-9-7-8-13(9)11(12(14)15)10-5-3-2-4-6-10/h2-6,9,11H,7-8H2,1H3,(H,14,15). The van der Waals surface area contributed by atoms with Crippen LogP contribution in [0.25, 0.3) is 0 Å². The van der Waals surface area contributed by atoms with Crippen molar-refractivity contribution in [1.82, 2.24) is 4.90 Å². The van der Waals surface area contributed by atoms with Crippen molar-refractivity contribution in [3.8, 4) is 0 Å². The van der Waals surface area contributed by atoms with Gasteiger partial charge >= 0.3 is 5.97 Å². The molecule has 0 saturated carbocycles. The van der Waals surface area contributed by atoms with Crippen LogP contribution in [0.3, 0.4) is 0 Å². The number of carboxylic acids is 1. The first kappa shape index (κ1) is 10.2. The third kappa shape index (κ3) is 1.88. The number of carbonyl (C=O) groups is 1. The highest BCUT2D eigenvalue weighted by Crippen LogP contribution is 2.30. The molecule has 1 aliphatic heterocycles. The summed E-state index contributed by atoms with van der Waals surface area (Å²) in [5.74, 6) is -0.757. The quantitative estimate of drug-likeness (QED) is 0.819. The molecule has 0 aromatic heterocycles. The van der Waals surface area contributed by atoms with Crippen LogP contribution in [-0.2, 0) is 4.79 Å². The molecule has 0 amide bonds. The Labute approximate surface area is 89.3 Å². The summed E-state index contributed by atoms with van der Waals surface area (Å²) in [6.45, 7) is 2.95. The predicted octanol–water partition coefficient (Wildman–Crippen LogP) is 1.91. The van der Waals surface area contributed by atoms with Crippen LogP contribution >= 0.6 is 0 Å². The van der Waals surface area contributed by atoms with Gasteiger partial charge in [-0.3, -0.25) is 9.69 Å². The van der Waals surface area contributed by atoms with Gasteiger partial charge in [0.05, 0.1) is 0 Å². The largest absolute Gasteiger partial charge is 0.480 e. The number of likely N-dealkylation sites (tertiary alicyclic amines) is 1. The van der Waals surface area contributed by atoms with E-state index in [1.807, 2.05) is 35.2 Å². The maximum absolute atomic E-state index is 11.2. The van der Waals surface area contributed by atoms with E-state index in [0.717, 1.165) is 18.5 Å². The Bertz CT molecular complexity index is 350. The lowest BCUT2D eigenvalue weighted by Crippen LogP contribution is -2.50. The van der Waals surface area contributed by atoms with Crippen molar-refractivity contribution >= 4 is 5.97 Å². The fourth-order valence-electron chi connectivity index (χ4n) is 2.03. The van der Waals surface area contributed by atoms with Gasteiger partial charge < -0.3 is 5.11 Å². The van der Waals surface area contributed by atoms with Crippen molar-refractivity contribution in [2.45, 2.75) is 25.4 Å². The van der Waals surface area contributed by atoms with Crippen molar-refractivity contribution in [1.29, 1.82) is 0 Å². The van der Waals surface area contributed by atoms with Crippen LogP contribution in [0.2, 0.25) is 0 Å². The molecule has 1 aromatic rings. The Kier molecular flexibility index (Phi) is 2.73. The normalized spacial score (nSPS) is 23.1. The highest BCUT2D eigenvalue weighted by molar-refractivity contribution is 5.75. The zero-order valence-electron chi connectivity index (χ0n) is 8.76. The van der Waals surface area contributed by atoms with Crippen molar-refractivity contribution < 1.29 is 9.90 Å². The summed E-state index contributed by atoms with van der Waals surface area (Å²) >= 11 is 0. The van der Waals surface area contributed by atoms with Crippen LogP contribution in [0.1, 0.15) is 24.9 Å². The molecule has 1 N–H and O–H groups in total. The zero-order valence-corrected chi connectivity index (χ0v) is 8.76. The molecule has 3 heteroatoms. The Morgan fingerprint density at radius 1 is 1.47 bits per heavy atom. The lowest BCUT2D eigenvalue weighted by Gasteiger charge is -2.42. The first-order chi connectivity index (χ1) is 7.20. The molecule has 1 aliphatic rings. The average molecular weight is 205 g/mol. The molecule has 0 radical (unpaired) electrons. The SMILES string of the molecule is CC1CCN1C(C(=O)O)c1ccccc1. The van der Waals surface area contributed by atoms with Gasteiger partial charge in [-0.1, -0.05) is 30.3 Å². The predicted molar refractivity (Wildman–Crippen MR) is 57.6 cm³/mol. The van der Waals surface area contributed by atoms with Crippen LogP contribution in [-0.4, -0.2) is 28.6 Å². The van der Waals surface area contributed by atoms with E-state index in [4.69, 9.17) is 0 Å². The zero-order chi connectivity index (χ0) is 10.8. The molecule has 1 heterocycles. The van der Waals surface area contributed by atoms with Gasteiger partial charge in [0.1, 0.15) is 6.04 Å². The second-order valence-corrected chi connectivity index (χ2v) is 4.03. The van der Waals surface area contributed by atoms with Crippen LogP contribution in [0, 0.1) is 0 Å². The average Bonchev–Trinajstić information content (AvgIpc) is 2.24. The summed E-state index contributed by atoms with van der Waals surface area (Å²) in [5.41, 5.74) is 0.872. The van der Waals surface area contributed by atoms with E-state index >= 15 is 0 Å². The van der Waals surface area contributed by atoms with Crippen LogP contribution in [0.4, 0.5) is 0 Å². The van der Waals surface area contributed by atoms with Gasteiger partial charge in [-0.15, -0.1) is 0 Å². The molecule has 3 nitrogen and oxygen atoms in total. The van der Waals surface area contributed by atoms with Crippen molar-refractivity contribution in [2.24, 2.45) is 0 Å². The molecule has 1 fully saturated rings. The fraction of sp³-hybridized carbons (Fsp3) is 0.417. The van der Waals surface area contributed by atoms with E-state index in [1.54, 1.807) is 0 Å². The number of rotatable bonds is 3. The van der Waals surface area contributed by atoms with Crippen molar-refractivity contribution in [3.63, 3.8) is 0 Å². The molecule has 2 rings (SSSR count). The molecule has 2 atom stereocenters. The van der Waals surface area contributed by atoms with Gasteiger partial charge in [0.25, 0.3) is 0 Å². The molecule has 2 unspecified atom stereocenters. The molecule has 80 valence electrons. The number of nitrogens with zero attached hydrogens (tertiary/aromatic N) is 1. The fourth-order valence-corrected chi connectivity index (χ4v) is 2.03. The van der Waals surface area contributed by atoms with Gasteiger partial charge in [-0.25, -0.2) is 0 Å². The summed E-state index contributed by atoms with van der Waals surface area (Å²) in [6.07, 6.45) is 1.09. The van der Waals surface area contributed by atoms with Gasteiger partial charge in [-0.2, -0.15) is 0 Å². The van der Waals surface area contributed by atoms with E-state index in [2.05, 4.69) is 6.92 Å². The first-order valence-electron chi connectivity index (χ1n) is 5.23. The minimum atomic E-state index is -0.757. The number of carboxylic acid groups (broad SMARTS) is 1. The molecule has 1 aromatic carbocycles. The molecule has 0 spiro atoms. The molecule has 0 aliphatic carbocycles. The lowest BCUT2D eigenvalue weighted by molar-refractivity contribution is -0.147. The van der Waals surface area contributed by atoms with Gasteiger partial charge in [0.2, 0.25) is 0 Å². The molecule has 0 bridgehead atoms. The van der Waals surface area contributed by atoms with Gasteiger partial charge in [0, 0.05) is 12.6 Å². The smallest absolute Gasteiger partial charge is 0.325 e. The van der Waals surface area contributed by atoms with Gasteiger partial charge in [0.15, 0.2) is 0 Å². The highest BCUT2D eigenvalue weighted by Gasteiger charge is 2.35. The van der Waals surface area contributed by atoms with Crippen molar-refractivity contribution in [3.05, 3.63) is 35.9 Å². The summed E-state index contributed by atoms with van der Waals surface area (Å²) in [6, 6.07) is 9.34. The number of benzene rings is 1.